The maximum absolute atomic E-state index is 12.2. The lowest BCUT2D eigenvalue weighted by Gasteiger charge is -2.27. The van der Waals surface area contributed by atoms with Gasteiger partial charge in [0.05, 0.1) is 28.6 Å². The predicted molar refractivity (Wildman–Crippen MR) is 142 cm³/mol. The molecule has 0 amide bonds. The van der Waals surface area contributed by atoms with Crippen LogP contribution in [0.4, 0.5) is 0 Å². The van der Waals surface area contributed by atoms with E-state index in [9.17, 15) is 13.7 Å². The highest BCUT2D eigenvalue weighted by molar-refractivity contribution is 14.1. The molecule has 0 fully saturated rings. The van der Waals surface area contributed by atoms with Crippen LogP contribution in [-0.4, -0.2) is 29.7 Å². The smallest absolute Gasteiger partial charge is 0.315 e. The summed E-state index contributed by atoms with van der Waals surface area (Å²) in [6.07, 6.45) is 1.36. The molecule has 0 aliphatic rings. The van der Waals surface area contributed by atoms with Gasteiger partial charge in [0.2, 0.25) is 9.84 Å². The van der Waals surface area contributed by atoms with Crippen LogP contribution < -0.4 is 9.47 Å². The van der Waals surface area contributed by atoms with E-state index >= 15 is 0 Å². The van der Waals surface area contributed by atoms with Crippen molar-refractivity contribution in [2.45, 2.75) is 50.2 Å². The van der Waals surface area contributed by atoms with Crippen molar-refractivity contribution < 1.29 is 22.3 Å². The number of rotatable bonds is 10. The first-order valence-electron chi connectivity index (χ1n) is 10.9. The minimum Gasteiger partial charge on any atom is -0.490 e. The maximum Gasteiger partial charge on any atom is 0.315 e. The van der Waals surface area contributed by atoms with E-state index in [1.165, 1.54) is 6.20 Å². The second kappa shape index (κ2) is 11.2. The van der Waals surface area contributed by atoms with E-state index < -0.39 is 20.5 Å². The molecule has 0 N–H and O–H groups in total. The Kier molecular flexibility index (Phi) is 8.72. The Morgan fingerprint density at radius 1 is 1.17 bits per heavy atom. The average Bonchev–Trinajstić information content (AvgIpc) is 3.31. The number of alkyl halides is 1. The second-order valence-corrected chi connectivity index (χ2v) is 12.5. The molecule has 1 aromatic heterocycles. The van der Waals surface area contributed by atoms with E-state index in [2.05, 4.69) is 33.6 Å². The van der Waals surface area contributed by atoms with Gasteiger partial charge in [-0.25, -0.2) is 13.4 Å². The van der Waals surface area contributed by atoms with E-state index in [-0.39, 0.29) is 11.8 Å². The Morgan fingerprint density at radius 2 is 1.86 bits per heavy atom. The SMILES string of the molecule is CC(C)S(=O)(=O)c1ncc(COc2ccc(C(C)(C)c3cc(Cl)c(OCCI)c(C#N)c3)cc2)o1. The molecule has 2 aromatic carbocycles. The topological polar surface area (TPSA) is 102 Å². The van der Waals surface area contributed by atoms with Crippen LogP contribution in [0.5, 0.6) is 11.5 Å². The molecule has 0 radical (unpaired) electrons. The number of sulfone groups is 1. The van der Waals surface area contributed by atoms with Gasteiger partial charge >= 0.3 is 5.22 Å². The average molecular weight is 629 g/mol. The van der Waals surface area contributed by atoms with Gasteiger partial charge in [0.25, 0.3) is 0 Å². The van der Waals surface area contributed by atoms with Crippen molar-refractivity contribution in [3.63, 3.8) is 0 Å². The summed E-state index contributed by atoms with van der Waals surface area (Å²) < 4.78 is 41.9. The summed E-state index contributed by atoms with van der Waals surface area (Å²) in [6, 6.07) is 13.3. The third-order valence-corrected chi connectivity index (χ3v) is 8.20. The highest BCUT2D eigenvalue weighted by Gasteiger charge is 2.27. The van der Waals surface area contributed by atoms with Crippen molar-refractivity contribution in [2.75, 3.05) is 11.0 Å². The quantitative estimate of drug-likeness (QED) is 0.197. The van der Waals surface area contributed by atoms with Gasteiger partial charge in [0.1, 0.15) is 18.4 Å². The predicted octanol–water partition coefficient (Wildman–Crippen LogP) is 6.10. The molecule has 0 bridgehead atoms. The van der Waals surface area contributed by atoms with Crippen LogP contribution >= 0.6 is 34.2 Å². The lowest BCUT2D eigenvalue weighted by molar-refractivity contribution is 0.256. The standard InChI is InChI=1S/C25H26ClIN2O5S/c1-16(2)35(30,31)24-29-14-21(34-24)15-33-20-7-5-18(6-8-20)25(3,4)19-11-17(13-28)23(22(26)12-19)32-10-9-27/h5-8,11-12,14,16H,9-10,15H2,1-4H3. The first-order chi connectivity index (χ1) is 16.5. The monoisotopic (exact) mass is 628 g/mol. The lowest BCUT2D eigenvalue weighted by Crippen LogP contribution is -2.19. The Hall–Kier alpha value is -2.29. The second-order valence-electron chi connectivity index (χ2n) is 8.61. The molecule has 0 aliphatic carbocycles. The zero-order chi connectivity index (χ0) is 25.8. The zero-order valence-corrected chi connectivity index (χ0v) is 23.6. The number of nitrogens with zero attached hydrogens (tertiary/aromatic N) is 2. The molecule has 3 aromatic rings. The van der Waals surface area contributed by atoms with Gasteiger partial charge in [-0.2, -0.15) is 5.26 Å². The molecule has 7 nitrogen and oxygen atoms in total. The summed E-state index contributed by atoms with van der Waals surface area (Å²) in [4.78, 5) is 3.87. The summed E-state index contributed by atoms with van der Waals surface area (Å²) >= 11 is 8.67. The number of nitriles is 1. The van der Waals surface area contributed by atoms with E-state index in [4.69, 9.17) is 25.5 Å². The van der Waals surface area contributed by atoms with Crippen molar-refractivity contribution in [3.8, 4) is 17.6 Å². The molecule has 10 heteroatoms. The highest BCUT2D eigenvalue weighted by Crippen LogP contribution is 2.38. The van der Waals surface area contributed by atoms with Crippen LogP contribution in [0.2, 0.25) is 5.02 Å². The molecular weight excluding hydrogens is 603 g/mol. The minimum atomic E-state index is -3.57. The molecule has 1 heterocycles. The number of aromatic nitrogens is 1. The van der Waals surface area contributed by atoms with Crippen molar-refractivity contribution in [1.82, 2.24) is 4.98 Å². The number of hydrogen-bond donors (Lipinski definition) is 0. The number of ether oxygens (including phenoxy) is 2. The van der Waals surface area contributed by atoms with Crippen molar-refractivity contribution in [1.29, 1.82) is 5.26 Å². The fourth-order valence-electron chi connectivity index (χ4n) is 3.30. The Balaban J connectivity index is 1.75. The Morgan fingerprint density at radius 3 is 2.46 bits per heavy atom. The van der Waals surface area contributed by atoms with Crippen LogP contribution in [0.15, 0.2) is 52.2 Å². The summed E-state index contributed by atoms with van der Waals surface area (Å²) in [5.41, 5.74) is 1.84. The molecular formula is C25H26ClIN2O5S. The number of benzene rings is 2. The zero-order valence-electron chi connectivity index (χ0n) is 19.8. The van der Waals surface area contributed by atoms with Crippen molar-refractivity contribution in [2.24, 2.45) is 0 Å². The van der Waals surface area contributed by atoms with Gasteiger partial charge in [0, 0.05) is 9.84 Å². The van der Waals surface area contributed by atoms with Gasteiger partial charge in [-0.3, -0.25) is 0 Å². The Labute approximate surface area is 224 Å². The molecule has 186 valence electrons. The highest BCUT2D eigenvalue weighted by atomic mass is 127. The Bertz CT molecular complexity index is 1330. The molecule has 3 rings (SSSR count). The minimum absolute atomic E-state index is 0.0448. The molecule has 0 saturated carbocycles. The van der Waals surface area contributed by atoms with Gasteiger partial charge in [-0.1, -0.05) is 60.2 Å². The van der Waals surface area contributed by atoms with Crippen LogP contribution in [-0.2, 0) is 21.9 Å². The number of oxazole rings is 1. The van der Waals surface area contributed by atoms with Crippen molar-refractivity contribution >= 4 is 44.0 Å². The molecule has 0 unspecified atom stereocenters. The largest absolute Gasteiger partial charge is 0.490 e. The van der Waals surface area contributed by atoms with E-state index in [0.717, 1.165) is 15.6 Å². The van der Waals surface area contributed by atoms with Gasteiger partial charge in [-0.15, -0.1) is 0 Å². The first-order valence-corrected chi connectivity index (χ1v) is 14.3. The van der Waals surface area contributed by atoms with Crippen LogP contribution in [0.1, 0.15) is 50.1 Å². The van der Waals surface area contributed by atoms with Crippen LogP contribution in [0, 0.1) is 11.3 Å². The maximum atomic E-state index is 12.2. The summed E-state index contributed by atoms with van der Waals surface area (Å²) in [5.74, 6) is 1.32. The molecule has 0 aliphatic heterocycles. The normalized spacial score (nSPS) is 11.9. The fraction of sp³-hybridized carbons (Fsp3) is 0.360. The van der Waals surface area contributed by atoms with E-state index in [0.29, 0.717) is 34.5 Å². The lowest BCUT2D eigenvalue weighted by atomic mass is 9.77. The molecule has 0 saturated heterocycles. The van der Waals surface area contributed by atoms with Gasteiger partial charge in [0.15, 0.2) is 11.5 Å². The molecule has 0 spiro atoms. The molecule has 0 atom stereocenters. The van der Waals surface area contributed by atoms with E-state index in [1.54, 1.807) is 13.8 Å². The summed E-state index contributed by atoms with van der Waals surface area (Å²) in [6.45, 7) is 7.76. The third kappa shape index (κ3) is 6.11. The van der Waals surface area contributed by atoms with Gasteiger partial charge in [-0.05, 0) is 49.2 Å². The van der Waals surface area contributed by atoms with Crippen molar-refractivity contribution in [3.05, 3.63) is 70.1 Å². The first kappa shape index (κ1) is 27.3. The third-order valence-electron chi connectivity index (χ3n) is 5.56. The van der Waals surface area contributed by atoms with Gasteiger partial charge < -0.3 is 13.9 Å². The number of halogens is 2. The van der Waals surface area contributed by atoms with Crippen LogP contribution in [0.3, 0.4) is 0 Å². The number of hydrogen-bond acceptors (Lipinski definition) is 7. The summed E-state index contributed by atoms with van der Waals surface area (Å²) in [7, 11) is -3.57. The van der Waals surface area contributed by atoms with E-state index in [1.807, 2.05) is 50.2 Å². The van der Waals surface area contributed by atoms with Crippen LogP contribution in [0.25, 0.3) is 0 Å². The molecule has 35 heavy (non-hydrogen) atoms. The fourth-order valence-corrected chi connectivity index (χ4v) is 4.62. The summed E-state index contributed by atoms with van der Waals surface area (Å²) in [5, 5.41) is 9.10.